The van der Waals surface area contributed by atoms with Gasteiger partial charge >= 0.3 is 0 Å². The van der Waals surface area contributed by atoms with E-state index in [0.717, 1.165) is 21.6 Å². The molecule has 0 spiro atoms. The lowest BCUT2D eigenvalue weighted by molar-refractivity contribution is 0.603. The van der Waals surface area contributed by atoms with Gasteiger partial charge in [-0.15, -0.1) is 0 Å². The smallest absolute Gasteiger partial charge is 0.179 e. The van der Waals surface area contributed by atoms with Gasteiger partial charge in [-0.2, -0.15) is 0 Å². The molecule has 6 heteroatoms. The second kappa shape index (κ2) is 5.64. The van der Waals surface area contributed by atoms with Crippen LogP contribution < -0.4 is 5.32 Å². The third-order valence-corrected chi connectivity index (χ3v) is 3.33. The molecular formula is C12H16IN5. The zero-order chi connectivity index (χ0) is 13.1. The van der Waals surface area contributed by atoms with Crippen molar-refractivity contribution in [1.82, 2.24) is 19.5 Å². The van der Waals surface area contributed by atoms with Crippen molar-refractivity contribution in [2.24, 2.45) is 0 Å². The number of halogens is 1. The lowest BCUT2D eigenvalue weighted by Gasteiger charge is -2.12. The van der Waals surface area contributed by atoms with Crippen molar-refractivity contribution < 1.29 is 0 Å². The highest BCUT2D eigenvalue weighted by Gasteiger charge is 2.12. The summed E-state index contributed by atoms with van der Waals surface area (Å²) in [5.74, 6) is 1.58. The molecule has 0 amide bonds. The highest BCUT2D eigenvalue weighted by molar-refractivity contribution is 14.1. The molecule has 2 rings (SSSR count). The van der Waals surface area contributed by atoms with Crippen molar-refractivity contribution in [3.63, 3.8) is 0 Å². The molecule has 0 atom stereocenters. The van der Waals surface area contributed by atoms with Crippen LogP contribution >= 0.6 is 22.6 Å². The van der Waals surface area contributed by atoms with Gasteiger partial charge in [-0.05, 0) is 43.4 Å². The molecule has 0 aliphatic carbocycles. The lowest BCUT2D eigenvalue weighted by Crippen LogP contribution is -2.07. The summed E-state index contributed by atoms with van der Waals surface area (Å²) >= 11 is 2.23. The molecule has 0 fully saturated rings. The van der Waals surface area contributed by atoms with Crippen molar-refractivity contribution in [3.8, 4) is 11.5 Å². The predicted molar refractivity (Wildman–Crippen MR) is 80.5 cm³/mol. The second-order valence-corrected chi connectivity index (χ2v) is 5.36. The van der Waals surface area contributed by atoms with E-state index >= 15 is 0 Å². The van der Waals surface area contributed by atoms with E-state index in [2.05, 4.69) is 68.2 Å². The molecule has 2 aromatic heterocycles. The van der Waals surface area contributed by atoms with Gasteiger partial charge in [0, 0.05) is 18.8 Å². The minimum atomic E-state index is 0.341. The molecule has 1 N–H and O–H groups in total. The molecule has 5 nitrogen and oxygen atoms in total. The summed E-state index contributed by atoms with van der Waals surface area (Å²) in [5.41, 5.74) is 0.945. The summed E-state index contributed by atoms with van der Waals surface area (Å²) in [4.78, 5) is 13.1. The minimum absolute atomic E-state index is 0.341. The van der Waals surface area contributed by atoms with Crippen LogP contribution in [-0.4, -0.2) is 26.1 Å². The third-order valence-electron chi connectivity index (χ3n) is 2.54. The number of anilines is 1. The third kappa shape index (κ3) is 2.63. The van der Waals surface area contributed by atoms with Crippen molar-refractivity contribution >= 4 is 28.4 Å². The van der Waals surface area contributed by atoms with Gasteiger partial charge in [0.1, 0.15) is 11.5 Å². The largest absolute Gasteiger partial charge is 0.369 e. The summed E-state index contributed by atoms with van der Waals surface area (Å²) in [6, 6.07) is 0.341. The summed E-state index contributed by atoms with van der Waals surface area (Å²) in [7, 11) is 0. The van der Waals surface area contributed by atoms with E-state index in [-0.39, 0.29) is 0 Å². The van der Waals surface area contributed by atoms with Crippen molar-refractivity contribution in [3.05, 3.63) is 22.3 Å². The van der Waals surface area contributed by atoms with Gasteiger partial charge in [-0.1, -0.05) is 0 Å². The first-order chi connectivity index (χ1) is 8.63. The van der Waals surface area contributed by atoms with Gasteiger partial charge < -0.3 is 9.88 Å². The number of aromatic nitrogens is 4. The Morgan fingerprint density at radius 1 is 1.39 bits per heavy atom. The Hall–Kier alpha value is -1.18. The standard InChI is InChI=1S/C12H16IN5/c1-4-15-11-9(13)5-16-12(17-11)10-6-14-7-18(10)8(2)3/h5-8H,4H2,1-3H3,(H,15,16,17). The van der Waals surface area contributed by atoms with Crippen molar-refractivity contribution in [2.45, 2.75) is 26.8 Å². The van der Waals surface area contributed by atoms with E-state index in [1.807, 2.05) is 12.5 Å². The minimum Gasteiger partial charge on any atom is -0.369 e. The molecule has 0 saturated heterocycles. The van der Waals surface area contributed by atoms with E-state index < -0.39 is 0 Å². The van der Waals surface area contributed by atoms with Gasteiger partial charge in [0.05, 0.1) is 16.1 Å². The Kier molecular flexibility index (Phi) is 4.15. The molecule has 2 aromatic rings. The summed E-state index contributed by atoms with van der Waals surface area (Å²) in [6.45, 7) is 7.12. The number of rotatable bonds is 4. The topological polar surface area (TPSA) is 55.6 Å². The monoisotopic (exact) mass is 357 g/mol. The Bertz CT molecular complexity index is 535. The maximum absolute atomic E-state index is 4.56. The number of nitrogens with zero attached hydrogens (tertiary/aromatic N) is 4. The quantitative estimate of drug-likeness (QED) is 0.855. The van der Waals surface area contributed by atoms with Gasteiger partial charge in [-0.3, -0.25) is 0 Å². The predicted octanol–water partition coefficient (Wildman–Crippen LogP) is 2.96. The molecule has 0 unspecified atom stereocenters. The van der Waals surface area contributed by atoms with Crippen LogP contribution in [0.1, 0.15) is 26.8 Å². The fraction of sp³-hybridized carbons (Fsp3) is 0.417. The number of nitrogens with one attached hydrogen (secondary N) is 1. The summed E-state index contributed by atoms with van der Waals surface area (Å²) in [6.07, 6.45) is 5.45. The van der Waals surface area contributed by atoms with Crippen LogP contribution in [0.5, 0.6) is 0 Å². The average Bonchev–Trinajstić information content (AvgIpc) is 2.81. The first-order valence-electron chi connectivity index (χ1n) is 5.92. The van der Waals surface area contributed by atoms with Gasteiger partial charge in [-0.25, -0.2) is 15.0 Å². The average molecular weight is 357 g/mol. The van der Waals surface area contributed by atoms with Crippen LogP contribution in [0.4, 0.5) is 5.82 Å². The van der Waals surface area contributed by atoms with Gasteiger partial charge in [0.25, 0.3) is 0 Å². The summed E-state index contributed by atoms with van der Waals surface area (Å²) < 4.78 is 3.09. The first kappa shape index (κ1) is 13.3. The molecule has 96 valence electrons. The van der Waals surface area contributed by atoms with E-state index in [1.165, 1.54) is 0 Å². The molecule has 0 aliphatic heterocycles. The van der Waals surface area contributed by atoms with Gasteiger partial charge in [0.15, 0.2) is 5.82 Å². The van der Waals surface area contributed by atoms with Crippen LogP contribution in [0.3, 0.4) is 0 Å². The fourth-order valence-corrected chi connectivity index (χ4v) is 2.12. The summed E-state index contributed by atoms with van der Waals surface area (Å²) in [5, 5.41) is 3.24. The van der Waals surface area contributed by atoms with Crippen LogP contribution in [0.15, 0.2) is 18.7 Å². The van der Waals surface area contributed by atoms with Crippen LogP contribution in [0.25, 0.3) is 11.5 Å². The highest BCUT2D eigenvalue weighted by atomic mass is 127. The normalized spacial score (nSPS) is 10.9. The number of imidazole rings is 1. The van der Waals surface area contributed by atoms with Crippen LogP contribution in [-0.2, 0) is 0 Å². The van der Waals surface area contributed by atoms with Crippen molar-refractivity contribution in [2.75, 3.05) is 11.9 Å². The molecule has 2 heterocycles. The van der Waals surface area contributed by atoms with Crippen molar-refractivity contribution in [1.29, 1.82) is 0 Å². The van der Waals surface area contributed by atoms with Gasteiger partial charge in [0.2, 0.25) is 0 Å². The Morgan fingerprint density at radius 2 is 2.17 bits per heavy atom. The maximum atomic E-state index is 4.56. The fourth-order valence-electron chi connectivity index (χ4n) is 1.67. The van der Waals surface area contributed by atoms with Crippen LogP contribution in [0, 0.1) is 3.57 Å². The molecular weight excluding hydrogens is 341 g/mol. The maximum Gasteiger partial charge on any atom is 0.179 e. The molecule has 0 radical (unpaired) electrons. The molecule has 18 heavy (non-hydrogen) atoms. The second-order valence-electron chi connectivity index (χ2n) is 4.20. The number of hydrogen-bond donors (Lipinski definition) is 1. The molecule has 0 bridgehead atoms. The molecule has 0 aliphatic rings. The Labute approximate surface area is 120 Å². The molecule has 0 saturated carbocycles. The van der Waals surface area contributed by atoms with E-state index in [0.29, 0.717) is 11.9 Å². The highest BCUT2D eigenvalue weighted by Crippen LogP contribution is 2.22. The first-order valence-corrected chi connectivity index (χ1v) is 7.00. The zero-order valence-electron chi connectivity index (χ0n) is 10.7. The number of hydrogen-bond acceptors (Lipinski definition) is 4. The van der Waals surface area contributed by atoms with E-state index in [4.69, 9.17) is 0 Å². The molecule has 0 aromatic carbocycles. The lowest BCUT2D eigenvalue weighted by atomic mass is 10.3. The Morgan fingerprint density at radius 3 is 2.83 bits per heavy atom. The van der Waals surface area contributed by atoms with E-state index in [1.54, 1.807) is 6.20 Å². The SMILES string of the molecule is CCNc1nc(-c2cncn2C(C)C)ncc1I. The van der Waals surface area contributed by atoms with E-state index in [9.17, 15) is 0 Å². The van der Waals surface area contributed by atoms with Crippen LogP contribution in [0.2, 0.25) is 0 Å². The zero-order valence-corrected chi connectivity index (χ0v) is 12.8. The Balaban J connectivity index is 2.44.